The van der Waals surface area contributed by atoms with Crippen LogP contribution in [0.3, 0.4) is 0 Å². The minimum Gasteiger partial charge on any atom is -0.371 e. The van der Waals surface area contributed by atoms with Crippen molar-refractivity contribution >= 4 is 0 Å². The van der Waals surface area contributed by atoms with Crippen molar-refractivity contribution < 1.29 is 4.74 Å². The van der Waals surface area contributed by atoms with Gasteiger partial charge in [0.25, 0.3) is 0 Å². The lowest BCUT2D eigenvalue weighted by atomic mass is 9.90. The molecule has 0 unspecified atom stereocenters. The first-order valence-electron chi connectivity index (χ1n) is 3.95. The Bertz CT molecular complexity index is 126. The maximum absolute atomic E-state index is 5.57. The van der Waals surface area contributed by atoms with E-state index in [0.717, 1.165) is 6.42 Å². The molecule has 58 valence electrons. The number of hydrogen-bond donors (Lipinski definition) is 0. The van der Waals surface area contributed by atoms with Crippen LogP contribution < -0.4 is 0 Å². The smallest absolute Gasteiger partial charge is 0.0760 e. The highest BCUT2D eigenvalue weighted by atomic mass is 16.5. The Hall–Kier alpha value is -0.300. The molecule has 0 aromatic carbocycles. The van der Waals surface area contributed by atoms with Crippen LogP contribution in [0.2, 0.25) is 0 Å². The summed E-state index contributed by atoms with van der Waals surface area (Å²) in [6.45, 7) is 10.4. The van der Waals surface area contributed by atoms with Crippen LogP contribution in [0.15, 0.2) is 12.2 Å². The van der Waals surface area contributed by atoms with E-state index in [4.69, 9.17) is 4.74 Å². The van der Waals surface area contributed by atoms with Gasteiger partial charge in [0.15, 0.2) is 0 Å². The third-order valence-corrected chi connectivity index (χ3v) is 2.28. The fraction of sp³-hybridized carbons (Fsp3) is 0.778. The molecule has 0 saturated carbocycles. The van der Waals surface area contributed by atoms with Crippen LogP contribution in [0, 0.1) is 5.92 Å². The molecule has 1 nitrogen and oxygen atoms in total. The highest BCUT2D eigenvalue weighted by molar-refractivity contribution is 5.07. The van der Waals surface area contributed by atoms with Gasteiger partial charge in [0, 0.05) is 0 Å². The summed E-state index contributed by atoms with van der Waals surface area (Å²) in [4.78, 5) is 0. The second-order valence-electron chi connectivity index (χ2n) is 3.30. The van der Waals surface area contributed by atoms with E-state index < -0.39 is 0 Å². The van der Waals surface area contributed by atoms with Gasteiger partial charge in [-0.25, -0.2) is 0 Å². The van der Waals surface area contributed by atoms with Crippen LogP contribution in [-0.4, -0.2) is 12.2 Å². The van der Waals surface area contributed by atoms with Crippen LogP contribution in [-0.2, 0) is 4.74 Å². The Morgan fingerprint density at radius 1 is 1.40 bits per heavy atom. The summed E-state index contributed by atoms with van der Waals surface area (Å²) in [5.41, 5.74) is 1.25. The molecule has 0 bridgehead atoms. The van der Waals surface area contributed by atoms with Crippen LogP contribution in [0.25, 0.3) is 0 Å². The largest absolute Gasteiger partial charge is 0.371 e. The fourth-order valence-electron chi connectivity index (χ4n) is 1.54. The fourth-order valence-corrected chi connectivity index (χ4v) is 1.54. The SMILES string of the molecule is C=C1[C@H](C)C[C@H](C)O[C@@H]1C. The first-order valence-corrected chi connectivity index (χ1v) is 3.95. The van der Waals surface area contributed by atoms with Gasteiger partial charge in [0.1, 0.15) is 0 Å². The van der Waals surface area contributed by atoms with Crippen molar-refractivity contribution in [1.29, 1.82) is 0 Å². The molecule has 1 aliphatic rings. The van der Waals surface area contributed by atoms with Gasteiger partial charge in [0.05, 0.1) is 12.2 Å². The molecule has 1 rings (SSSR count). The summed E-state index contributed by atoms with van der Waals surface area (Å²) < 4.78 is 5.57. The minimum absolute atomic E-state index is 0.263. The molecule has 1 fully saturated rings. The molecule has 0 aliphatic carbocycles. The van der Waals surface area contributed by atoms with E-state index in [9.17, 15) is 0 Å². The summed E-state index contributed by atoms with van der Waals surface area (Å²) in [6, 6.07) is 0. The van der Waals surface area contributed by atoms with E-state index in [2.05, 4.69) is 27.4 Å². The van der Waals surface area contributed by atoms with Crippen molar-refractivity contribution in [3.63, 3.8) is 0 Å². The van der Waals surface area contributed by atoms with Crippen LogP contribution >= 0.6 is 0 Å². The molecule has 1 heterocycles. The van der Waals surface area contributed by atoms with Gasteiger partial charge >= 0.3 is 0 Å². The second-order valence-corrected chi connectivity index (χ2v) is 3.30. The van der Waals surface area contributed by atoms with Gasteiger partial charge in [-0.2, -0.15) is 0 Å². The second kappa shape index (κ2) is 2.75. The summed E-state index contributed by atoms with van der Waals surface area (Å²) in [6.07, 6.45) is 1.80. The van der Waals surface area contributed by atoms with Crippen molar-refractivity contribution in [2.45, 2.75) is 39.4 Å². The Labute approximate surface area is 63.1 Å². The van der Waals surface area contributed by atoms with Crippen molar-refractivity contribution in [2.75, 3.05) is 0 Å². The molecule has 0 aromatic rings. The van der Waals surface area contributed by atoms with Crippen LogP contribution in [0.5, 0.6) is 0 Å². The molecule has 0 aromatic heterocycles. The van der Waals surface area contributed by atoms with Gasteiger partial charge in [-0.3, -0.25) is 0 Å². The average Bonchev–Trinajstić information content (AvgIpc) is 1.82. The van der Waals surface area contributed by atoms with Crippen molar-refractivity contribution in [3.8, 4) is 0 Å². The zero-order valence-electron chi connectivity index (χ0n) is 7.05. The van der Waals surface area contributed by atoms with Gasteiger partial charge in [-0.05, 0) is 31.8 Å². The summed E-state index contributed by atoms with van der Waals surface area (Å²) in [5, 5.41) is 0. The lowest BCUT2D eigenvalue weighted by Gasteiger charge is -2.32. The topological polar surface area (TPSA) is 9.23 Å². The van der Waals surface area contributed by atoms with E-state index >= 15 is 0 Å². The van der Waals surface area contributed by atoms with E-state index in [-0.39, 0.29) is 6.10 Å². The third kappa shape index (κ3) is 1.40. The summed E-state index contributed by atoms with van der Waals surface area (Å²) in [7, 11) is 0. The van der Waals surface area contributed by atoms with E-state index in [0.29, 0.717) is 12.0 Å². The molecule has 0 spiro atoms. The molecule has 10 heavy (non-hydrogen) atoms. The molecule has 0 amide bonds. The normalized spacial score (nSPS) is 41.9. The standard InChI is InChI=1S/C9H16O/c1-6-5-7(2)10-9(4)8(6)3/h6-7,9H,3,5H2,1-2,4H3/t6-,7+,9-/m1/s1. The summed E-state index contributed by atoms with van der Waals surface area (Å²) >= 11 is 0. The first kappa shape index (κ1) is 7.80. The quantitative estimate of drug-likeness (QED) is 0.469. The van der Waals surface area contributed by atoms with Crippen molar-refractivity contribution in [1.82, 2.24) is 0 Å². The first-order chi connectivity index (χ1) is 4.61. The monoisotopic (exact) mass is 140 g/mol. The Balaban J connectivity index is 2.57. The summed E-state index contributed by atoms with van der Waals surface area (Å²) in [5.74, 6) is 0.638. The van der Waals surface area contributed by atoms with E-state index in [1.54, 1.807) is 0 Å². The van der Waals surface area contributed by atoms with Crippen molar-refractivity contribution in [2.24, 2.45) is 5.92 Å². The zero-order chi connectivity index (χ0) is 7.72. The molecular formula is C9H16O. The molecule has 0 radical (unpaired) electrons. The maximum Gasteiger partial charge on any atom is 0.0760 e. The Morgan fingerprint density at radius 3 is 2.50 bits per heavy atom. The number of rotatable bonds is 0. The molecule has 1 saturated heterocycles. The predicted octanol–water partition coefficient (Wildman–Crippen LogP) is 2.38. The van der Waals surface area contributed by atoms with Crippen LogP contribution in [0.1, 0.15) is 27.2 Å². The number of ether oxygens (including phenoxy) is 1. The Morgan fingerprint density at radius 2 is 2.00 bits per heavy atom. The predicted molar refractivity (Wildman–Crippen MR) is 42.9 cm³/mol. The number of hydrogen-bond acceptors (Lipinski definition) is 1. The van der Waals surface area contributed by atoms with Gasteiger partial charge in [-0.1, -0.05) is 13.5 Å². The van der Waals surface area contributed by atoms with E-state index in [1.807, 2.05) is 0 Å². The van der Waals surface area contributed by atoms with Crippen molar-refractivity contribution in [3.05, 3.63) is 12.2 Å². The lowest BCUT2D eigenvalue weighted by molar-refractivity contribution is -0.0123. The van der Waals surface area contributed by atoms with Gasteiger partial charge in [0.2, 0.25) is 0 Å². The average molecular weight is 140 g/mol. The minimum atomic E-state index is 0.263. The molecule has 1 heteroatoms. The zero-order valence-corrected chi connectivity index (χ0v) is 7.05. The maximum atomic E-state index is 5.57. The third-order valence-electron chi connectivity index (χ3n) is 2.28. The van der Waals surface area contributed by atoms with Gasteiger partial charge < -0.3 is 4.74 Å². The van der Waals surface area contributed by atoms with E-state index in [1.165, 1.54) is 5.57 Å². The molecule has 1 aliphatic heterocycles. The molecular weight excluding hydrogens is 124 g/mol. The molecule has 0 N–H and O–H groups in total. The molecule has 3 atom stereocenters. The van der Waals surface area contributed by atoms with Gasteiger partial charge in [-0.15, -0.1) is 0 Å². The Kier molecular flexibility index (Phi) is 2.14. The highest BCUT2D eigenvalue weighted by Gasteiger charge is 2.24. The highest BCUT2D eigenvalue weighted by Crippen LogP contribution is 2.27. The van der Waals surface area contributed by atoms with Crippen LogP contribution in [0.4, 0.5) is 0 Å². The lowest BCUT2D eigenvalue weighted by Crippen LogP contribution is -2.29.